The molecule has 1 aliphatic rings. The molecule has 0 spiro atoms. The molecule has 1 atom stereocenters. The third-order valence-corrected chi connectivity index (χ3v) is 3.59. The Morgan fingerprint density at radius 3 is 2.90 bits per heavy atom. The third kappa shape index (κ3) is 3.92. The Bertz CT molecular complexity index is 457. The fraction of sp³-hybridized carbons (Fsp3) is 0.769. The maximum absolute atomic E-state index is 11.7. The van der Waals surface area contributed by atoms with Gasteiger partial charge in [-0.1, -0.05) is 0 Å². The summed E-state index contributed by atoms with van der Waals surface area (Å²) < 4.78 is 10.2. The van der Waals surface area contributed by atoms with Gasteiger partial charge in [-0.2, -0.15) is 4.98 Å². The zero-order valence-electron chi connectivity index (χ0n) is 12.2. The van der Waals surface area contributed by atoms with E-state index in [0.717, 1.165) is 0 Å². The van der Waals surface area contributed by atoms with Crippen LogP contribution >= 0.6 is 0 Å². The van der Waals surface area contributed by atoms with Gasteiger partial charge in [0.05, 0.1) is 18.6 Å². The van der Waals surface area contributed by atoms with Gasteiger partial charge in [0, 0.05) is 19.7 Å². The minimum atomic E-state index is -0.451. The van der Waals surface area contributed by atoms with Crippen LogP contribution < -0.4 is 10.6 Å². The van der Waals surface area contributed by atoms with Crippen LogP contribution in [0.15, 0.2) is 4.52 Å². The Kier molecular flexibility index (Phi) is 5.51. The van der Waals surface area contributed by atoms with E-state index >= 15 is 0 Å². The van der Waals surface area contributed by atoms with Crippen molar-refractivity contribution in [3.8, 4) is 0 Å². The van der Waals surface area contributed by atoms with Gasteiger partial charge in [0.1, 0.15) is 0 Å². The maximum atomic E-state index is 11.7. The number of aromatic nitrogens is 2. The molecule has 8 heteroatoms. The molecule has 0 aliphatic carbocycles. The first-order chi connectivity index (χ1) is 10.2. The van der Waals surface area contributed by atoms with E-state index in [-0.39, 0.29) is 18.5 Å². The van der Waals surface area contributed by atoms with E-state index in [1.807, 2.05) is 11.8 Å². The standard InChI is InChI=1S/C13H22N4O4/c1-2-20-12(19)9-3-6-17(7-4-9)13-15-11(21-16-13)10(14)5-8-18/h9-10,18H,2-8,14H2,1H3/t10-/m1/s1. The van der Waals surface area contributed by atoms with Gasteiger partial charge in [-0.05, 0) is 31.3 Å². The minimum absolute atomic E-state index is 0.0240. The molecule has 1 saturated heterocycles. The van der Waals surface area contributed by atoms with Crippen LogP contribution in [0.2, 0.25) is 0 Å². The van der Waals surface area contributed by atoms with Crippen molar-refractivity contribution in [2.45, 2.75) is 32.2 Å². The smallest absolute Gasteiger partial charge is 0.309 e. The van der Waals surface area contributed by atoms with Crippen molar-refractivity contribution in [2.75, 3.05) is 31.2 Å². The first-order valence-corrected chi connectivity index (χ1v) is 7.27. The molecular weight excluding hydrogens is 276 g/mol. The second-order valence-corrected chi connectivity index (χ2v) is 5.06. The van der Waals surface area contributed by atoms with Crippen LogP contribution in [-0.2, 0) is 9.53 Å². The summed E-state index contributed by atoms with van der Waals surface area (Å²) in [6.07, 6.45) is 1.81. The van der Waals surface area contributed by atoms with Crippen LogP contribution in [0.1, 0.15) is 38.1 Å². The van der Waals surface area contributed by atoms with E-state index in [0.29, 0.717) is 50.8 Å². The Balaban J connectivity index is 1.89. The number of hydrogen-bond donors (Lipinski definition) is 2. The molecule has 2 heterocycles. The zero-order valence-corrected chi connectivity index (χ0v) is 12.2. The number of hydrogen-bond acceptors (Lipinski definition) is 8. The number of nitrogens with two attached hydrogens (primary N) is 1. The predicted molar refractivity (Wildman–Crippen MR) is 74.5 cm³/mol. The number of ether oxygens (including phenoxy) is 1. The Morgan fingerprint density at radius 1 is 1.57 bits per heavy atom. The van der Waals surface area contributed by atoms with Gasteiger partial charge in [-0.15, -0.1) is 0 Å². The molecule has 0 aromatic carbocycles. The van der Waals surface area contributed by atoms with Crippen molar-refractivity contribution in [3.05, 3.63) is 5.89 Å². The van der Waals surface area contributed by atoms with Crippen LogP contribution in [-0.4, -0.2) is 47.5 Å². The zero-order chi connectivity index (χ0) is 15.2. The first-order valence-electron chi connectivity index (χ1n) is 7.27. The highest BCUT2D eigenvalue weighted by Gasteiger charge is 2.28. The molecule has 0 unspecified atom stereocenters. The molecule has 1 aliphatic heterocycles. The topological polar surface area (TPSA) is 115 Å². The average molecular weight is 298 g/mol. The van der Waals surface area contributed by atoms with Crippen molar-refractivity contribution in [2.24, 2.45) is 11.7 Å². The Hall–Kier alpha value is -1.67. The van der Waals surface area contributed by atoms with E-state index in [2.05, 4.69) is 10.1 Å². The summed E-state index contributed by atoms with van der Waals surface area (Å²) in [5.74, 6) is 0.632. The second kappa shape index (κ2) is 7.37. The second-order valence-electron chi connectivity index (χ2n) is 5.06. The highest BCUT2D eigenvalue weighted by molar-refractivity contribution is 5.72. The number of piperidine rings is 1. The molecule has 21 heavy (non-hydrogen) atoms. The van der Waals surface area contributed by atoms with Crippen LogP contribution in [0.4, 0.5) is 5.95 Å². The van der Waals surface area contributed by atoms with E-state index < -0.39 is 6.04 Å². The Morgan fingerprint density at radius 2 is 2.29 bits per heavy atom. The number of rotatable bonds is 6. The summed E-state index contributed by atoms with van der Waals surface area (Å²) in [6, 6.07) is -0.451. The summed E-state index contributed by atoms with van der Waals surface area (Å²) in [7, 11) is 0. The summed E-state index contributed by atoms with van der Waals surface area (Å²) in [4.78, 5) is 17.9. The van der Waals surface area contributed by atoms with E-state index in [1.54, 1.807) is 0 Å². The maximum Gasteiger partial charge on any atom is 0.309 e. The highest BCUT2D eigenvalue weighted by atomic mass is 16.5. The van der Waals surface area contributed by atoms with Crippen LogP contribution in [0.25, 0.3) is 0 Å². The summed E-state index contributed by atoms with van der Waals surface area (Å²) in [5, 5.41) is 12.8. The third-order valence-electron chi connectivity index (χ3n) is 3.59. The fourth-order valence-corrected chi connectivity index (χ4v) is 2.34. The van der Waals surface area contributed by atoms with Gasteiger partial charge >= 0.3 is 5.97 Å². The van der Waals surface area contributed by atoms with Crippen LogP contribution in [0, 0.1) is 5.92 Å². The molecule has 118 valence electrons. The SMILES string of the molecule is CCOC(=O)C1CCN(c2noc([C@H](N)CCO)n2)CC1. The number of nitrogens with zero attached hydrogens (tertiary/aromatic N) is 3. The molecule has 0 saturated carbocycles. The first kappa shape index (κ1) is 15.7. The Labute approximate surface area is 123 Å². The van der Waals surface area contributed by atoms with Gasteiger partial charge in [0.25, 0.3) is 5.95 Å². The van der Waals surface area contributed by atoms with Crippen LogP contribution in [0.5, 0.6) is 0 Å². The van der Waals surface area contributed by atoms with Gasteiger partial charge in [-0.25, -0.2) is 0 Å². The monoisotopic (exact) mass is 298 g/mol. The largest absolute Gasteiger partial charge is 0.466 e. The summed E-state index contributed by atoms with van der Waals surface area (Å²) in [6.45, 7) is 3.55. The normalized spacial score (nSPS) is 17.8. The van der Waals surface area contributed by atoms with Gasteiger partial charge in [-0.3, -0.25) is 4.79 Å². The molecule has 0 amide bonds. The molecule has 1 aromatic heterocycles. The molecule has 8 nitrogen and oxygen atoms in total. The molecule has 3 N–H and O–H groups in total. The van der Waals surface area contributed by atoms with Crippen molar-refractivity contribution in [1.29, 1.82) is 0 Å². The highest BCUT2D eigenvalue weighted by Crippen LogP contribution is 2.23. The number of carbonyl (C=O) groups is 1. The average Bonchev–Trinajstić information content (AvgIpc) is 2.98. The molecule has 1 fully saturated rings. The number of esters is 1. The lowest BCUT2D eigenvalue weighted by Crippen LogP contribution is -2.37. The van der Waals surface area contributed by atoms with Gasteiger partial charge in [0.15, 0.2) is 0 Å². The van der Waals surface area contributed by atoms with E-state index in [4.69, 9.17) is 20.1 Å². The number of anilines is 1. The molecule has 0 radical (unpaired) electrons. The lowest BCUT2D eigenvalue weighted by molar-refractivity contribution is -0.148. The van der Waals surface area contributed by atoms with E-state index in [1.165, 1.54) is 0 Å². The number of aliphatic hydroxyl groups excluding tert-OH is 1. The number of carbonyl (C=O) groups excluding carboxylic acids is 1. The van der Waals surface area contributed by atoms with Crippen molar-refractivity contribution in [3.63, 3.8) is 0 Å². The van der Waals surface area contributed by atoms with Crippen molar-refractivity contribution < 1.29 is 19.2 Å². The fourth-order valence-electron chi connectivity index (χ4n) is 2.34. The predicted octanol–water partition coefficient (Wildman–Crippen LogP) is 0.231. The summed E-state index contributed by atoms with van der Waals surface area (Å²) >= 11 is 0. The van der Waals surface area contributed by atoms with Crippen LogP contribution in [0.3, 0.4) is 0 Å². The lowest BCUT2D eigenvalue weighted by Gasteiger charge is -2.29. The van der Waals surface area contributed by atoms with Crippen molar-refractivity contribution in [1.82, 2.24) is 10.1 Å². The number of aliphatic hydroxyl groups is 1. The molecular formula is C13H22N4O4. The lowest BCUT2D eigenvalue weighted by atomic mass is 9.97. The summed E-state index contributed by atoms with van der Waals surface area (Å²) in [5.41, 5.74) is 5.81. The minimum Gasteiger partial charge on any atom is -0.466 e. The van der Waals surface area contributed by atoms with Gasteiger partial charge in [0.2, 0.25) is 5.89 Å². The molecule has 2 rings (SSSR count). The molecule has 1 aromatic rings. The quantitative estimate of drug-likeness (QED) is 0.717. The van der Waals surface area contributed by atoms with E-state index in [9.17, 15) is 4.79 Å². The molecule has 0 bridgehead atoms. The van der Waals surface area contributed by atoms with Gasteiger partial charge < -0.3 is 25.0 Å². The van der Waals surface area contributed by atoms with Crippen molar-refractivity contribution >= 4 is 11.9 Å².